The summed E-state index contributed by atoms with van der Waals surface area (Å²) in [7, 11) is 0. The number of anilines is 1. The highest BCUT2D eigenvalue weighted by Gasteiger charge is 2.80. The summed E-state index contributed by atoms with van der Waals surface area (Å²) in [5.74, 6) is -2.30. The topological polar surface area (TPSA) is 130 Å². The molecule has 0 aliphatic carbocycles. The number of carbonyl (C=O) groups excluding carboxylic acids is 3. The summed E-state index contributed by atoms with van der Waals surface area (Å²) in [6, 6.07) is 13.6. The molecule has 1 aromatic heterocycles. The number of rotatable bonds is 13. The van der Waals surface area contributed by atoms with E-state index in [1.807, 2.05) is 57.2 Å². The number of hydrogen-bond donors (Lipinski definition) is 1. The highest BCUT2D eigenvalue weighted by Crippen LogP contribution is 2.65. The number of aromatic nitrogens is 3. The van der Waals surface area contributed by atoms with E-state index in [0.717, 1.165) is 5.52 Å². The van der Waals surface area contributed by atoms with Gasteiger partial charge in [-0.15, -0.1) is 18.3 Å². The highest BCUT2D eigenvalue weighted by molar-refractivity contribution is 6.03. The van der Waals surface area contributed by atoms with Gasteiger partial charge in [0, 0.05) is 25.3 Å². The number of β-amino-alcohol motifs (C(OH)–C–C–N with tert-alkyl or cyclic N) is 1. The number of hydrogen-bond acceptors (Lipinski definition) is 8. The van der Waals surface area contributed by atoms with Crippen LogP contribution in [0.2, 0.25) is 0 Å². The Labute approximate surface area is 274 Å². The van der Waals surface area contributed by atoms with Crippen molar-refractivity contribution in [3.05, 3.63) is 73.8 Å². The molecule has 6 rings (SSSR count). The lowest BCUT2D eigenvalue weighted by Gasteiger charge is -2.39. The maximum absolute atomic E-state index is 14.7. The minimum Gasteiger partial charge on any atom is -0.494 e. The Bertz CT molecular complexity index is 1690. The SMILES string of the molecule is C=CCN(Cn1nnc2ccccc21)C(=O)C1N(CCO)C(=O)[C@@H]2[C@H](C(=O)N(CC=C)c3ccc(OCC)cc3)[C@@]3(C)OC12CC3C. The van der Waals surface area contributed by atoms with Crippen molar-refractivity contribution in [3.63, 3.8) is 0 Å². The maximum Gasteiger partial charge on any atom is 0.250 e. The summed E-state index contributed by atoms with van der Waals surface area (Å²) in [5, 5.41) is 18.6. The van der Waals surface area contributed by atoms with E-state index in [9.17, 15) is 19.5 Å². The number of likely N-dealkylation sites (tertiary alicyclic amines) is 1. The lowest BCUT2D eigenvalue weighted by atomic mass is 9.62. The predicted octanol–water partition coefficient (Wildman–Crippen LogP) is 3.02. The number of para-hydroxylation sites is 1. The summed E-state index contributed by atoms with van der Waals surface area (Å²) >= 11 is 0. The predicted molar refractivity (Wildman–Crippen MR) is 175 cm³/mol. The molecule has 3 aromatic rings. The Kier molecular flexibility index (Phi) is 8.66. The van der Waals surface area contributed by atoms with Crippen LogP contribution in [0, 0.1) is 17.8 Å². The van der Waals surface area contributed by atoms with Crippen molar-refractivity contribution >= 4 is 34.4 Å². The molecule has 248 valence electrons. The van der Waals surface area contributed by atoms with Gasteiger partial charge in [-0.2, -0.15) is 0 Å². The average Bonchev–Trinajstić information content (AvgIpc) is 3.73. The number of aliphatic hydroxyl groups is 1. The monoisotopic (exact) mass is 642 g/mol. The van der Waals surface area contributed by atoms with Crippen LogP contribution in [-0.4, -0.2) is 97.7 Å². The second-order valence-corrected chi connectivity index (χ2v) is 12.7. The number of fused-ring (bicyclic) bond motifs is 2. The average molecular weight is 643 g/mol. The van der Waals surface area contributed by atoms with Crippen molar-refractivity contribution in [3.8, 4) is 5.75 Å². The van der Waals surface area contributed by atoms with Crippen molar-refractivity contribution in [2.75, 3.05) is 37.7 Å². The molecule has 3 aliphatic heterocycles. The first kappa shape index (κ1) is 32.4. The molecule has 2 bridgehead atoms. The van der Waals surface area contributed by atoms with E-state index >= 15 is 0 Å². The first-order chi connectivity index (χ1) is 22.6. The zero-order valence-electron chi connectivity index (χ0n) is 27.1. The minimum atomic E-state index is -1.28. The third-order valence-corrected chi connectivity index (χ3v) is 10.1. The number of amides is 3. The molecule has 6 atom stereocenters. The smallest absolute Gasteiger partial charge is 0.250 e. The molecule has 2 aromatic carbocycles. The molecule has 12 heteroatoms. The van der Waals surface area contributed by atoms with Gasteiger partial charge >= 0.3 is 0 Å². The van der Waals surface area contributed by atoms with Crippen LogP contribution < -0.4 is 9.64 Å². The van der Waals surface area contributed by atoms with Crippen LogP contribution in [0.3, 0.4) is 0 Å². The largest absolute Gasteiger partial charge is 0.494 e. The van der Waals surface area contributed by atoms with Gasteiger partial charge in [-0.3, -0.25) is 14.4 Å². The maximum atomic E-state index is 14.7. The van der Waals surface area contributed by atoms with Gasteiger partial charge < -0.3 is 29.3 Å². The van der Waals surface area contributed by atoms with Gasteiger partial charge in [0.25, 0.3) is 0 Å². The normalized spacial score (nSPS) is 27.6. The molecule has 3 unspecified atom stereocenters. The minimum absolute atomic E-state index is 0.0593. The summed E-state index contributed by atoms with van der Waals surface area (Å²) in [5.41, 5.74) is -0.222. The Morgan fingerprint density at radius 1 is 1.13 bits per heavy atom. The van der Waals surface area contributed by atoms with Gasteiger partial charge in [-0.1, -0.05) is 36.4 Å². The summed E-state index contributed by atoms with van der Waals surface area (Å²) in [6.45, 7) is 14.1. The molecule has 1 spiro atoms. The van der Waals surface area contributed by atoms with Crippen LogP contribution in [-0.2, 0) is 25.8 Å². The standard InChI is InChI=1S/C35H42N6O6/c1-6-17-38(22-41-27-12-10-9-11-26(27)36-37-41)33(45)30-35-21-23(4)34(5,47-35)28(29(35)32(44)40(30)19-20-42)31(43)39(18-7-2)24-13-15-25(16-14-24)46-8-3/h6-7,9-16,23,28-30,42H,1-2,8,17-22H2,3-5H3/t23?,28-,29+,30?,34+,35?/m1/s1. The molecule has 12 nitrogen and oxygen atoms in total. The van der Waals surface area contributed by atoms with Crippen LogP contribution in [0.5, 0.6) is 5.75 Å². The first-order valence-corrected chi connectivity index (χ1v) is 16.1. The van der Waals surface area contributed by atoms with E-state index in [4.69, 9.17) is 9.47 Å². The number of benzene rings is 2. The van der Waals surface area contributed by atoms with Crippen LogP contribution in [0.4, 0.5) is 5.69 Å². The number of nitrogens with zero attached hydrogens (tertiary/aromatic N) is 6. The molecule has 3 saturated heterocycles. The van der Waals surface area contributed by atoms with Gasteiger partial charge in [0.15, 0.2) is 0 Å². The Balaban J connectivity index is 1.39. The zero-order valence-corrected chi connectivity index (χ0v) is 27.1. The first-order valence-electron chi connectivity index (χ1n) is 16.1. The second kappa shape index (κ2) is 12.6. The van der Waals surface area contributed by atoms with E-state index in [1.165, 1.54) is 4.90 Å². The summed E-state index contributed by atoms with van der Waals surface area (Å²) in [6.07, 6.45) is 3.67. The highest BCUT2D eigenvalue weighted by atomic mass is 16.5. The molecule has 0 saturated carbocycles. The zero-order chi connectivity index (χ0) is 33.5. The summed E-state index contributed by atoms with van der Waals surface area (Å²) < 4.78 is 14.1. The van der Waals surface area contributed by atoms with Crippen LogP contribution >= 0.6 is 0 Å². The fourth-order valence-corrected chi connectivity index (χ4v) is 7.98. The molecule has 0 radical (unpaired) electrons. The van der Waals surface area contributed by atoms with Crippen LogP contribution in [0.25, 0.3) is 11.0 Å². The molecular formula is C35H42N6O6. The molecule has 3 aliphatic rings. The van der Waals surface area contributed by atoms with Crippen molar-refractivity contribution < 1.29 is 29.0 Å². The lowest BCUT2D eigenvalue weighted by Crippen LogP contribution is -2.57. The molecule has 4 heterocycles. The van der Waals surface area contributed by atoms with Gasteiger partial charge in [0.1, 0.15) is 29.6 Å². The van der Waals surface area contributed by atoms with Gasteiger partial charge in [0.05, 0.1) is 36.2 Å². The summed E-state index contributed by atoms with van der Waals surface area (Å²) in [4.78, 5) is 48.5. The van der Waals surface area contributed by atoms with E-state index in [1.54, 1.807) is 38.8 Å². The van der Waals surface area contributed by atoms with E-state index in [2.05, 4.69) is 23.5 Å². The van der Waals surface area contributed by atoms with Crippen LogP contribution in [0.1, 0.15) is 27.2 Å². The fraction of sp³-hybridized carbons (Fsp3) is 0.457. The Morgan fingerprint density at radius 2 is 1.85 bits per heavy atom. The van der Waals surface area contributed by atoms with Crippen molar-refractivity contribution in [1.82, 2.24) is 24.8 Å². The van der Waals surface area contributed by atoms with E-state index in [0.29, 0.717) is 30.0 Å². The molecule has 3 amide bonds. The third-order valence-electron chi connectivity index (χ3n) is 10.1. The van der Waals surface area contributed by atoms with Crippen molar-refractivity contribution in [2.24, 2.45) is 17.8 Å². The third kappa shape index (κ3) is 5.10. The Hall–Kier alpha value is -4.55. The molecule has 1 N–H and O–H groups in total. The van der Waals surface area contributed by atoms with E-state index in [-0.39, 0.29) is 56.5 Å². The number of ether oxygens (including phenoxy) is 2. The van der Waals surface area contributed by atoms with Gasteiger partial charge in [-0.05, 0) is 62.6 Å². The molecule has 47 heavy (non-hydrogen) atoms. The van der Waals surface area contributed by atoms with Gasteiger partial charge in [0.2, 0.25) is 17.7 Å². The van der Waals surface area contributed by atoms with E-state index < -0.39 is 29.1 Å². The van der Waals surface area contributed by atoms with Crippen LogP contribution in [0.15, 0.2) is 73.8 Å². The molecule has 3 fully saturated rings. The quantitative estimate of drug-likeness (QED) is 0.282. The number of aliphatic hydroxyl groups excluding tert-OH is 1. The fourth-order valence-electron chi connectivity index (χ4n) is 7.98. The van der Waals surface area contributed by atoms with Gasteiger partial charge in [-0.25, -0.2) is 4.68 Å². The lowest BCUT2D eigenvalue weighted by molar-refractivity contribution is -0.153. The molecular weight excluding hydrogens is 600 g/mol. The van der Waals surface area contributed by atoms with Crippen molar-refractivity contribution in [1.29, 1.82) is 0 Å². The Morgan fingerprint density at radius 3 is 2.53 bits per heavy atom. The number of carbonyl (C=O) groups is 3. The second-order valence-electron chi connectivity index (χ2n) is 12.7. The van der Waals surface area contributed by atoms with Crippen molar-refractivity contribution in [2.45, 2.75) is 51.1 Å².